The number of esters is 1. The van der Waals surface area contributed by atoms with Gasteiger partial charge in [0.1, 0.15) is 52.8 Å². The minimum absolute atomic E-state index is 0.0664. The van der Waals surface area contributed by atoms with Crippen molar-refractivity contribution < 1.29 is 66.2 Å². The van der Waals surface area contributed by atoms with Gasteiger partial charge in [-0.1, -0.05) is 77.8 Å². The zero-order valence-electron chi connectivity index (χ0n) is 54.5. The van der Waals surface area contributed by atoms with E-state index in [0.717, 1.165) is 28.7 Å². The zero-order chi connectivity index (χ0) is 66.8. The first-order chi connectivity index (χ1) is 42.1. The highest BCUT2D eigenvalue weighted by molar-refractivity contribution is 6.12. The number of imidazole rings is 1. The first-order valence-electron chi connectivity index (χ1n) is 31.2. The maximum Gasteiger partial charge on any atom is 0.408 e. The highest BCUT2D eigenvalue weighted by atomic mass is 19.1. The Bertz CT molecular complexity index is 3040. The number of rotatable bonds is 30. The lowest BCUT2D eigenvalue weighted by Crippen LogP contribution is -2.56. The van der Waals surface area contributed by atoms with Crippen LogP contribution in [0.25, 0.3) is 11.3 Å². The van der Waals surface area contributed by atoms with Gasteiger partial charge in [-0.3, -0.25) is 43.3 Å². The third-order valence-electron chi connectivity index (χ3n) is 15.3. The van der Waals surface area contributed by atoms with E-state index in [9.17, 15) is 52.3 Å². The minimum Gasteiger partial charge on any atom is -0.458 e. The van der Waals surface area contributed by atoms with Crippen LogP contribution in [0.5, 0.6) is 0 Å². The summed E-state index contributed by atoms with van der Waals surface area (Å²) >= 11 is 0. The predicted molar refractivity (Wildman–Crippen MR) is 333 cm³/mol. The Morgan fingerprint density at radius 1 is 0.733 bits per heavy atom. The molecule has 22 nitrogen and oxygen atoms in total. The van der Waals surface area contributed by atoms with Gasteiger partial charge in [0.2, 0.25) is 35.4 Å². The van der Waals surface area contributed by atoms with Gasteiger partial charge in [-0.25, -0.2) is 23.4 Å². The number of benzene rings is 2. The van der Waals surface area contributed by atoms with Gasteiger partial charge in [-0.2, -0.15) is 0 Å². The monoisotopic (exact) mass is 1260 g/mol. The van der Waals surface area contributed by atoms with Crippen LogP contribution in [0.2, 0.25) is 0 Å². The molecule has 1 aliphatic carbocycles. The number of amides is 9. The average Bonchev–Trinajstić information content (AvgIpc) is 1.97. The maximum absolute atomic E-state index is 15.4. The van der Waals surface area contributed by atoms with Crippen molar-refractivity contribution in [1.29, 1.82) is 0 Å². The summed E-state index contributed by atoms with van der Waals surface area (Å²) in [7, 11) is 0. The molecule has 2 aromatic carbocycles. The quantitative estimate of drug-likeness (QED) is 0.0213. The van der Waals surface area contributed by atoms with Gasteiger partial charge in [0, 0.05) is 69.5 Å². The molecule has 5 rings (SSSR count). The summed E-state index contributed by atoms with van der Waals surface area (Å²) in [5.41, 5.74) is -1.63. The van der Waals surface area contributed by atoms with Crippen molar-refractivity contribution in [1.82, 2.24) is 51.3 Å². The summed E-state index contributed by atoms with van der Waals surface area (Å²) in [5.74, 6) is -6.41. The number of unbranched alkanes of at least 4 members (excludes halogenated alkanes) is 3. The number of nitrogens with one attached hydrogen (secondary N) is 6. The number of hydrogen-bond donors (Lipinski definition) is 6. The van der Waals surface area contributed by atoms with E-state index < -0.39 is 100 Å². The summed E-state index contributed by atoms with van der Waals surface area (Å²) in [6.07, 6.45) is 7.02. The highest BCUT2D eigenvalue weighted by Gasteiger charge is 2.41. The molecule has 24 heteroatoms. The van der Waals surface area contributed by atoms with Gasteiger partial charge >= 0.3 is 12.1 Å². The molecule has 1 fully saturated rings. The molecular formula is C66H94F2N10O12. The van der Waals surface area contributed by atoms with E-state index >= 15 is 4.39 Å². The highest BCUT2D eigenvalue weighted by Crippen LogP contribution is 2.40. The van der Waals surface area contributed by atoms with Crippen molar-refractivity contribution in [3.63, 3.8) is 0 Å². The lowest BCUT2D eigenvalue weighted by Gasteiger charge is -2.40. The Morgan fingerprint density at radius 2 is 1.40 bits per heavy atom. The van der Waals surface area contributed by atoms with E-state index in [2.05, 4.69) is 31.9 Å². The number of imide groups is 1. The van der Waals surface area contributed by atoms with Crippen LogP contribution in [-0.2, 0) is 59.2 Å². The molecule has 2 heterocycles. The van der Waals surface area contributed by atoms with Gasteiger partial charge in [0.15, 0.2) is 0 Å². The number of nitrogens with zero attached hydrogens (tertiary/aromatic N) is 4. The van der Waals surface area contributed by atoms with Gasteiger partial charge in [-0.15, -0.1) is 0 Å². The van der Waals surface area contributed by atoms with Gasteiger partial charge in [0.25, 0.3) is 11.8 Å². The SMILES string of the molecule is CC(=O)N(CCC(NC(=O)OC(C)(C)C)C(=O)NC1CCCC1C(=O)NCCCCC(NC(=O)C(C)NC(=O)[C@@H](NC(=O)CCCCCN1C(=O)C=CC1=O)C(C)C)C(=O)OC(C)(C)C)C(c1nc(-c2cc(F)ccc2F)cn1Cc1ccccc1)C(C)(C)C. The minimum atomic E-state index is -1.27. The molecule has 1 aliphatic heterocycles. The molecule has 0 radical (unpaired) electrons. The Labute approximate surface area is 527 Å². The second-order valence-corrected chi connectivity index (χ2v) is 26.7. The third-order valence-corrected chi connectivity index (χ3v) is 15.3. The molecule has 494 valence electrons. The molecule has 0 spiro atoms. The molecule has 0 bridgehead atoms. The van der Waals surface area contributed by atoms with Crippen LogP contribution >= 0.6 is 0 Å². The van der Waals surface area contributed by atoms with E-state index in [1.54, 1.807) is 71.1 Å². The molecule has 9 amide bonds. The summed E-state index contributed by atoms with van der Waals surface area (Å²) in [6.45, 7) is 22.7. The lowest BCUT2D eigenvalue weighted by atomic mass is 9.84. The van der Waals surface area contributed by atoms with E-state index in [4.69, 9.17) is 14.5 Å². The number of alkyl carbamates (subject to hydrolysis) is 1. The summed E-state index contributed by atoms with van der Waals surface area (Å²) < 4.78 is 43.0. The number of aromatic nitrogens is 2. The first kappa shape index (κ1) is 72.7. The molecule has 2 aliphatic rings. The molecule has 0 saturated heterocycles. The molecular weight excluding hydrogens is 1160 g/mol. The average molecular weight is 1260 g/mol. The van der Waals surface area contributed by atoms with E-state index in [-0.39, 0.29) is 92.2 Å². The number of halogens is 2. The second kappa shape index (κ2) is 32.6. The summed E-state index contributed by atoms with van der Waals surface area (Å²) in [6, 6.07) is 6.59. The number of carbonyl (C=O) groups excluding carboxylic acids is 10. The third kappa shape index (κ3) is 22.5. The fourth-order valence-electron chi connectivity index (χ4n) is 10.8. The zero-order valence-corrected chi connectivity index (χ0v) is 54.5. The van der Waals surface area contributed by atoms with Crippen LogP contribution in [0, 0.1) is 28.9 Å². The lowest BCUT2D eigenvalue weighted by molar-refractivity contribution is -0.159. The van der Waals surface area contributed by atoms with Crippen molar-refractivity contribution in [2.75, 3.05) is 19.6 Å². The molecule has 3 aromatic rings. The van der Waals surface area contributed by atoms with Crippen LogP contribution in [0.3, 0.4) is 0 Å². The molecule has 90 heavy (non-hydrogen) atoms. The maximum atomic E-state index is 15.4. The summed E-state index contributed by atoms with van der Waals surface area (Å²) in [4.78, 5) is 140. The standard InChI is InChI=1S/C66H94F2N10O12/c1-40(2)55(75-52(80)28-18-15-21-35-78-53(81)31-32-54(78)82)61(86)70-41(3)58(83)73-50(62(87)89-65(8,9)10)26-19-20-34-69-59(84)45-25-22-27-48(45)72-60(85)49(74-63(88)90-66(11,12)13)33-36-77(42(4)79)56(64(5,6)7)57-71-51(46-37-44(67)29-30-47(46)68)39-76(57)38-43-23-16-14-17-24-43/h14,16-17,23-24,29-32,37,39-41,45,48-50,55-56H,15,18-22,25-28,33-36,38H2,1-13H3,(H,69,84)(H,70,86)(H,72,85)(H,73,83)(H,74,88)(H,75,80)/t41?,45?,48?,49?,50?,55-,56?/m0/s1. The largest absolute Gasteiger partial charge is 0.458 e. The predicted octanol–water partition coefficient (Wildman–Crippen LogP) is 7.62. The van der Waals surface area contributed by atoms with Crippen LogP contribution in [0.15, 0.2) is 66.9 Å². The molecule has 1 aromatic heterocycles. The summed E-state index contributed by atoms with van der Waals surface area (Å²) in [5, 5.41) is 16.8. The number of carbonyl (C=O) groups is 10. The first-order valence-corrected chi connectivity index (χ1v) is 31.2. The van der Waals surface area contributed by atoms with Crippen LogP contribution in [-0.4, -0.2) is 140 Å². The van der Waals surface area contributed by atoms with Crippen molar-refractivity contribution in [3.05, 3.63) is 89.9 Å². The second-order valence-electron chi connectivity index (χ2n) is 26.7. The topological polar surface area (TPSA) is 286 Å². The van der Waals surface area contributed by atoms with Crippen LogP contribution < -0.4 is 31.9 Å². The van der Waals surface area contributed by atoms with Crippen molar-refractivity contribution >= 4 is 59.3 Å². The van der Waals surface area contributed by atoms with Gasteiger partial charge < -0.3 is 50.8 Å². The normalized spacial score (nSPS) is 16.8. The fourth-order valence-corrected chi connectivity index (χ4v) is 10.8. The Morgan fingerprint density at radius 3 is 2.02 bits per heavy atom. The smallest absolute Gasteiger partial charge is 0.408 e. The van der Waals surface area contributed by atoms with E-state index in [1.807, 2.05) is 51.1 Å². The Hall–Kier alpha value is -8.05. The Kier molecular flexibility index (Phi) is 26.3. The molecule has 6 N–H and O–H groups in total. The fraction of sp³-hybridized carbons (Fsp3) is 0.591. The van der Waals surface area contributed by atoms with Crippen molar-refractivity contribution in [3.8, 4) is 11.3 Å². The van der Waals surface area contributed by atoms with Crippen LogP contribution in [0.4, 0.5) is 13.6 Å². The van der Waals surface area contributed by atoms with Crippen molar-refractivity contribution in [2.45, 2.75) is 215 Å². The molecule has 1 saturated carbocycles. The van der Waals surface area contributed by atoms with Gasteiger partial charge in [-0.05, 0) is 135 Å². The number of ether oxygens (including phenoxy) is 2. The van der Waals surface area contributed by atoms with E-state index in [0.29, 0.717) is 57.2 Å². The number of hydrogen-bond acceptors (Lipinski definition) is 13. The van der Waals surface area contributed by atoms with Crippen molar-refractivity contribution in [2.24, 2.45) is 17.3 Å². The molecule has 7 atom stereocenters. The van der Waals surface area contributed by atoms with Crippen LogP contribution in [0.1, 0.15) is 178 Å². The van der Waals surface area contributed by atoms with E-state index in [1.165, 1.54) is 26.0 Å². The Balaban J connectivity index is 1.21. The van der Waals surface area contributed by atoms with Gasteiger partial charge in [0.05, 0.1) is 17.7 Å². The molecule has 6 unspecified atom stereocenters.